The van der Waals surface area contributed by atoms with Crippen LogP contribution >= 0.6 is 35.2 Å². The first-order valence-electron chi connectivity index (χ1n) is 10.9. The number of halogens is 1. The number of rotatable bonds is 8. The summed E-state index contributed by atoms with van der Waals surface area (Å²) in [7, 11) is 0. The minimum atomic E-state index is -0.765. The Kier molecular flexibility index (Phi) is 7.80. The van der Waals surface area contributed by atoms with Gasteiger partial charge in [-0.2, -0.15) is 0 Å². The molecule has 0 radical (unpaired) electrons. The van der Waals surface area contributed by atoms with Crippen LogP contribution in [-0.2, 0) is 20.9 Å². The Morgan fingerprint density at radius 1 is 1.11 bits per heavy atom. The molecule has 0 unspecified atom stereocenters. The maximum Gasteiger partial charge on any atom is 0.338 e. The molecule has 0 saturated carbocycles. The van der Waals surface area contributed by atoms with E-state index in [1.807, 2.05) is 17.5 Å². The molecule has 1 aliphatic heterocycles. The lowest BCUT2D eigenvalue weighted by Crippen LogP contribution is -2.37. The van der Waals surface area contributed by atoms with E-state index in [0.29, 0.717) is 33.6 Å². The van der Waals surface area contributed by atoms with Crippen molar-refractivity contribution < 1.29 is 19.1 Å². The lowest BCUT2D eigenvalue weighted by atomic mass is 10.1. The fraction of sp³-hybridized carbons (Fsp3) is 0.200. The number of carbonyl (C=O) groups excluding carboxylic acids is 3. The highest BCUT2D eigenvalue weighted by molar-refractivity contribution is 7.80. The molecule has 35 heavy (non-hydrogen) atoms. The van der Waals surface area contributed by atoms with Gasteiger partial charge >= 0.3 is 5.97 Å². The maximum atomic E-state index is 13.4. The number of esters is 1. The van der Waals surface area contributed by atoms with E-state index in [0.717, 1.165) is 4.88 Å². The number of amides is 2. The highest BCUT2D eigenvalue weighted by atomic mass is 35.5. The van der Waals surface area contributed by atoms with Crippen LogP contribution in [-0.4, -0.2) is 40.4 Å². The standard InChI is InChI=1S/C25H22ClN3O4S2/c1-2-33-24(32)16-5-9-18(10-6-16)27-22(30)14-21-23(31)29(19-11-7-17(26)8-12-19)25(34)28(21)15-20-4-3-13-35-20/h3-13,21H,2,14-15H2,1H3,(H,27,30)/t21-/m1/s1. The molecule has 2 amide bonds. The summed E-state index contributed by atoms with van der Waals surface area (Å²) in [5.74, 6) is -1.05. The van der Waals surface area contributed by atoms with Crippen LogP contribution in [0, 0.1) is 0 Å². The summed E-state index contributed by atoms with van der Waals surface area (Å²) in [6.45, 7) is 2.43. The first-order valence-corrected chi connectivity index (χ1v) is 12.5. The quantitative estimate of drug-likeness (QED) is 0.324. The Hall–Kier alpha value is -3.27. The molecule has 1 fully saturated rings. The van der Waals surface area contributed by atoms with Crippen LogP contribution in [0.3, 0.4) is 0 Å². The van der Waals surface area contributed by atoms with Crippen LogP contribution in [0.2, 0.25) is 5.02 Å². The molecule has 3 aromatic rings. The Labute approximate surface area is 217 Å². The molecule has 1 aliphatic rings. The Bertz CT molecular complexity index is 1230. The van der Waals surface area contributed by atoms with Crippen LogP contribution in [0.15, 0.2) is 66.0 Å². The number of thiophene rings is 1. The van der Waals surface area contributed by atoms with E-state index in [1.165, 1.54) is 4.90 Å². The maximum absolute atomic E-state index is 13.4. The minimum absolute atomic E-state index is 0.0892. The second-order valence-corrected chi connectivity index (χ2v) is 9.54. The average Bonchev–Trinajstić information content (AvgIpc) is 3.43. The Morgan fingerprint density at radius 2 is 1.83 bits per heavy atom. The van der Waals surface area contributed by atoms with Gasteiger partial charge in [0.05, 0.1) is 30.8 Å². The van der Waals surface area contributed by atoms with Crippen molar-refractivity contribution in [2.45, 2.75) is 25.9 Å². The van der Waals surface area contributed by atoms with E-state index < -0.39 is 12.0 Å². The van der Waals surface area contributed by atoms with Crippen LogP contribution in [0.5, 0.6) is 0 Å². The molecule has 7 nitrogen and oxygen atoms in total. The first kappa shape index (κ1) is 24.8. The van der Waals surface area contributed by atoms with Gasteiger partial charge in [-0.25, -0.2) is 4.79 Å². The molecule has 180 valence electrons. The highest BCUT2D eigenvalue weighted by Gasteiger charge is 2.44. The van der Waals surface area contributed by atoms with Gasteiger partial charge < -0.3 is 15.0 Å². The summed E-state index contributed by atoms with van der Waals surface area (Å²) in [6.07, 6.45) is -0.0892. The molecular formula is C25H22ClN3O4S2. The molecule has 1 saturated heterocycles. The number of benzene rings is 2. The molecule has 10 heteroatoms. The van der Waals surface area contributed by atoms with Crippen molar-refractivity contribution in [1.29, 1.82) is 0 Å². The summed E-state index contributed by atoms with van der Waals surface area (Å²) in [5.41, 5.74) is 1.50. The second-order valence-electron chi connectivity index (χ2n) is 7.71. The number of nitrogens with one attached hydrogen (secondary N) is 1. The average molecular weight is 528 g/mol. The zero-order valence-corrected chi connectivity index (χ0v) is 21.2. The van der Waals surface area contributed by atoms with E-state index in [4.69, 9.17) is 28.6 Å². The fourth-order valence-corrected chi connectivity index (χ4v) is 4.92. The predicted octanol–water partition coefficient (Wildman–Crippen LogP) is 5.11. The van der Waals surface area contributed by atoms with Crippen molar-refractivity contribution in [3.8, 4) is 0 Å². The molecule has 2 heterocycles. The Balaban J connectivity index is 1.51. The van der Waals surface area contributed by atoms with E-state index in [2.05, 4.69) is 5.32 Å². The summed E-state index contributed by atoms with van der Waals surface area (Å²) in [4.78, 5) is 42.5. The van der Waals surface area contributed by atoms with Crippen molar-refractivity contribution in [3.63, 3.8) is 0 Å². The van der Waals surface area contributed by atoms with E-state index in [9.17, 15) is 14.4 Å². The summed E-state index contributed by atoms with van der Waals surface area (Å²) in [5, 5.41) is 5.63. The van der Waals surface area contributed by atoms with Crippen molar-refractivity contribution in [3.05, 3.63) is 81.5 Å². The molecule has 2 aromatic carbocycles. The third-order valence-electron chi connectivity index (χ3n) is 5.37. The van der Waals surface area contributed by atoms with Gasteiger partial charge in [0.1, 0.15) is 6.04 Å². The van der Waals surface area contributed by atoms with Crippen LogP contribution < -0.4 is 10.2 Å². The summed E-state index contributed by atoms with van der Waals surface area (Å²) in [6, 6.07) is 16.4. The normalized spacial score (nSPS) is 15.4. The van der Waals surface area contributed by atoms with Crippen LogP contribution in [0.1, 0.15) is 28.6 Å². The van der Waals surface area contributed by atoms with Crippen molar-refractivity contribution in [1.82, 2.24) is 4.90 Å². The highest BCUT2D eigenvalue weighted by Crippen LogP contribution is 2.30. The number of hydrogen-bond acceptors (Lipinski definition) is 6. The van der Waals surface area contributed by atoms with Gasteiger partial charge in [0.15, 0.2) is 5.11 Å². The number of thiocarbonyl (C=S) groups is 1. The predicted molar refractivity (Wildman–Crippen MR) is 141 cm³/mol. The van der Waals surface area contributed by atoms with Gasteiger partial charge in [0, 0.05) is 15.6 Å². The zero-order chi connectivity index (χ0) is 24.9. The Morgan fingerprint density at radius 3 is 2.46 bits per heavy atom. The van der Waals surface area contributed by atoms with Crippen LogP contribution in [0.4, 0.5) is 11.4 Å². The largest absolute Gasteiger partial charge is 0.462 e. The monoisotopic (exact) mass is 527 g/mol. The zero-order valence-electron chi connectivity index (χ0n) is 18.8. The number of anilines is 2. The number of nitrogens with zero attached hydrogens (tertiary/aromatic N) is 2. The molecule has 1 N–H and O–H groups in total. The summed E-state index contributed by atoms with van der Waals surface area (Å²) >= 11 is 13.2. The lowest BCUT2D eigenvalue weighted by Gasteiger charge is -2.23. The van der Waals surface area contributed by atoms with Gasteiger partial charge in [0.25, 0.3) is 5.91 Å². The first-order chi connectivity index (χ1) is 16.9. The molecular weight excluding hydrogens is 506 g/mol. The van der Waals surface area contributed by atoms with E-state index in [1.54, 1.807) is 71.7 Å². The third-order valence-corrected chi connectivity index (χ3v) is 6.90. The van der Waals surface area contributed by atoms with Crippen LogP contribution in [0.25, 0.3) is 0 Å². The summed E-state index contributed by atoms with van der Waals surface area (Å²) < 4.78 is 4.97. The number of hydrogen-bond donors (Lipinski definition) is 1. The molecule has 1 atom stereocenters. The number of ether oxygens (including phenoxy) is 1. The van der Waals surface area contributed by atoms with E-state index in [-0.39, 0.29) is 24.8 Å². The van der Waals surface area contributed by atoms with Gasteiger partial charge in [-0.15, -0.1) is 11.3 Å². The molecule has 1 aromatic heterocycles. The lowest BCUT2D eigenvalue weighted by molar-refractivity contribution is -0.124. The van der Waals surface area contributed by atoms with Gasteiger partial charge in [-0.3, -0.25) is 14.5 Å². The fourth-order valence-electron chi connectivity index (χ4n) is 3.70. The smallest absolute Gasteiger partial charge is 0.338 e. The van der Waals surface area contributed by atoms with Crippen molar-refractivity contribution in [2.75, 3.05) is 16.8 Å². The molecule has 0 spiro atoms. The van der Waals surface area contributed by atoms with Gasteiger partial charge in [-0.1, -0.05) is 17.7 Å². The van der Waals surface area contributed by atoms with E-state index >= 15 is 0 Å². The third kappa shape index (κ3) is 5.70. The van der Waals surface area contributed by atoms with Gasteiger partial charge in [0.2, 0.25) is 5.91 Å². The van der Waals surface area contributed by atoms with Crippen molar-refractivity contribution >= 4 is 69.4 Å². The SMILES string of the molecule is CCOC(=O)c1ccc(NC(=O)C[C@@H]2C(=O)N(c3ccc(Cl)cc3)C(=S)N2Cc2cccs2)cc1. The second kappa shape index (κ2) is 11.0. The molecule has 0 bridgehead atoms. The number of carbonyl (C=O) groups is 3. The van der Waals surface area contributed by atoms with Crippen molar-refractivity contribution in [2.24, 2.45) is 0 Å². The minimum Gasteiger partial charge on any atom is -0.462 e. The molecule has 4 rings (SSSR count). The topological polar surface area (TPSA) is 78.9 Å². The van der Waals surface area contributed by atoms with Gasteiger partial charge in [-0.05, 0) is 79.1 Å². The molecule has 0 aliphatic carbocycles.